The summed E-state index contributed by atoms with van der Waals surface area (Å²) in [5, 5.41) is 2.59. The number of hydrogen-bond acceptors (Lipinski definition) is 5. The highest BCUT2D eigenvalue weighted by Gasteiger charge is 2.29. The molecule has 0 spiro atoms. The SMILES string of the molecule is CC(C)OC(=O)[C@H](CCC(=O)C=[N+]=[N-])NC(=O)C1CCCCO1. The molecule has 1 amide bonds. The maximum atomic E-state index is 12.2. The standard InChI is InChI=1S/C15H23N3O5/c1-10(2)23-15(21)12(7-6-11(19)9-17-16)18-14(20)13-5-3-4-8-22-13/h9-10,12-13H,3-8H2,1-2H3,(H,18,20)/t12-,13?/m0/s1. The second kappa shape index (κ2) is 9.86. The summed E-state index contributed by atoms with van der Waals surface area (Å²) >= 11 is 0. The Bertz CT molecular complexity index is 480. The van der Waals surface area contributed by atoms with Gasteiger partial charge in [-0.05, 0) is 39.5 Å². The molecular formula is C15H23N3O5. The molecule has 1 N–H and O–H groups in total. The first-order valence-electron chi connectivity index (χ1n) is 7.76. The number of esters is 1. The number of carbonyl (C=O) groups is 3. The molecule has 0 radical (unpaired) electrons. The van der Waals surface area contributed by atoms with Gasteiger partial charge < -0.3 is 20.3 Å². The first kappa shape index (κ1) is 19.0. The predicted molar refractivity (Wildman–Crippen MR) is 80.7 cm³/mol. The lowest BCUT2D eigenvalue weighted by Gasteiger charge is -2.24. The van der Waals surface area contributed by atoms with Gasteiger partial charge in [-0.15, -0.1) is 0 Å². The Kier molecular flexibility index (Phi) is 8.15. The summed E-state index contributed by atoms with van der Waals surface area (Å²) < 4.78 is 10.5. The molecule has 0 aromatic carbocycles. The fraction of sp³-hybridized carbons (Fsp3) is 0.733. The summed E-state index contributed by atoms with van der Waals surface area (Å²) in [7, 11) is 0. The highest BCUT2D eigenvalue weighted by molar-refractivity contribution is 6.25. The van der Waals surface area contributed by atoms with Crippen molar-refractivity contribution < 1.29 is 28.6 Å². The van der Waals surface area contributed by atoms with E-state index < -0.39 is 23.9 Å². The Labute approximate surface area is 135 Å². The van der Waals surface area contributed by atoms with Crippen LogP contribution in [-0.2, 0) is 23.9 Å². The Morgan fingerprint density at radius 1 is 1.39 bits per heavy atom. The molecular weight excluding hydrogens is 302 g/mol. The zero-order valence-electron chi connectivity index (χ0n) is 13.5. The van der Waals surface area contributed by atoms with E-state index in [2.05, 4.69) is 10.1 Å². The van der Waals surface area contributed by atoms with Gasteiger partial charge in [0.1, 0.15) is 12.1 Å². The van der Waals surface area contributed by atoms with Crippen LogP contribution in [0.3, 0.4) is 0 Å². The predicted octanol–water partition coefficient (Wildman–Crippen LogP) is 0.642. The molecule has 1 fully saturated rings. The second-order valence-electron chi connectivity index (χ2n) is 5.65. The molecule has 1 aliphatic rings. The minimum atomic E-state index is -0.938. The van der Waals surface area contributed by atoms with E-state index in [1.54, 1.807) is 13.8 Å². The monoisotopic (exact) mass is 325 g/mol. The van der Waals surface area contributed by atoms with E-state index in [-0.39, 0.29) is 24.9 Å². The Morgan fingerprint density at radius 3 is 2.70 bits per heavy atom. The van der Waals surface area contributed by atoms with Crippen molar-refractivity contribution in [3.05, 3.63) is 5.53 Å². The molecule has 0 bridgehead atoms. The van der Waals surface area contributed by atoms with Crippen molar-refractivity contribution in [2.24, 2.45) is 0 Å². The average molecular weight is 325 g/mol. The smallest absolute Gasteiger partial charge is 0.328 e. The molecule has 2 atom stereocenters. The highest BCUT2D eigenvalue weighted by atomic mass is 16.5. The Hall–Kier alpha value is -2.05. The molecule has 0 aromatic rings. The van der Waals surface area contributed by atoms with Crippen molar-refractivity contribution in [1.82, 2.24) is 5.32 Å². The molecule has 0 aromatic heterocycles. The van der Waals surface area contributed by atoms with E-state index in [0.29, 0.717) is 13.0 Å². The number of amides is 1. The third-order valence-electron chi connectivity index (χ3n) is 3.31. The normalized spacial score (nSPS) is 18.7. The molecule has 1 heterocycles. The zero-order valence-corrected chi connectivity index (χ0v) is 13.5. The minimum Gasteiger partial charge on any atom is -0.461 e. The van der Waals surface area contributed by atoms with Crippen LogP contribution >= 0.6 is 0 Å². The number of ketones is 1. The second-order valence-corrected chi connectivity index (χ2v) is 5.65. The van der Waals surface area contributed by atoms with Crippen molar-refractivity contribution in [1.29, 1.82) is 0 Å². The van der Waals surface area contributed by atoms with E-state index in [4.69, 9.17) is 15.0 Å². The molecule has 1 unspecified atom stereocenters. The highest BCUT2D eigenvalue weighted by Crippen LogP contribution is 2.13. The number of carbonyl (C=O) groups excluding carboxylic acids is 3. The molecule has 1 aliphatic heterocycles. The van der Waals surface area contributed by atoms with Gasteiger partial charge in [0, 0.05) is 13.0 Å². The van der Waals surface area contributed by atoms with Gasteiger partial charge in [-0.3, -0.25) is 9.59 Å². The first-order valence-corrected chi connectivity index (χ1v) is 7.76. The maximum Gasteiger partial charge on any atom is 0.328 e. The van der Waals surface area contributed by atoms with Crippen LogP contribution in [0, 0.1) is 0 Å². The lowest BCUT2D eigenvalue weighted by atomic mass is 10.1. The van der Waals surface area contributed by atoms with Gasteiger partial charge in [-0.25, -0.2) is 4.79 Å². The molecule has 23 heavy (non-hydrogen) atoms. The van der Waals surface area contributed by atoms with Gasteiger partial charge in [-0.2, -0.15) is 4.79 Å². The number of hydrogen-bond donors (Lipinski definition) is 1. The van der Waals surface area contributed by atoms with Crippen molar-refractivity contribution in [3.8, 4) is 0 Å². The van der Waals surface area contributed by atoms with Crippen LogP contribution in [0.25, 0.3) is 5.53 Å². The number of nitrogens with zero attached hydrogens (tertiary/aromatic N) is 2. The fourth-order valence-corrected chi connectivity index (χ4v) is 2.19. The van der Waals surface area contributed by atoms with Crippen LogP contribution in [0.1, 0.15) is 46.0 Å². The van der Waals surface area contributed by atoms with Crippen LogP contribution in [0.5, 0.6) is 0 Å². The van der Waals surface area contributed by atoms with Crippen LogP contribution in [0.2, 0.25) is 0 Å². The van der Waals surface area contributed by atoms with Crippen LogP contribution in [0.15, 0.2) is 0 Å². The fourth-order valence-electron chi connectivity index (χ4n) is 2.19. The van der Waals surface area contributed by atoms with E-state index in [9.17, 15) is 14.4 Å². The first-order chi connectivity index (χ1) is 10.9. The topological polar surface area (TPSA) is 118 Å². The molecule has 0 saturated carbocycles. The molecule has 8 nitrogen and oxygen atoms in total. The van der Waals surface area contributed by atoms with Crippen molar-refractivity contribution >= 4 is 23.9 Å². The summed E-state index contributed by atoms with van der Waals surface area (Å²) in [6.45, 7) is 3.92. The summed E-state index contributed by atoms with van der Waals surface area (Å²) in [5.41, 5.74) is 8.32. The van der Waals surface area contributed by atoms with E-state index in [1.807, 2.05) is 0 Å². The van der Waals surface area contributed by atoms with Crippen LogP contribution < -0.4 is 5.32 Å². The van der Waals surface area contributed by atoms with Gasteiger partial charge in [0.05, 0.1) is 6.10 Å². The Morgan fingerprint density at radius 2 is 2.13 bits per heavy atom. The maximum absolute atomic E-state index is 12.2. The number of ether oxygens (including phenoxy) is 2. The lowest BCUT2D eigenvalue weighted by Crippen LogP contribution is -2.48. The summed E-state index contributed by atoms with van der Waals surface area (Å²) in [6, 6.07) is -0.938. The molecule has 8 heteroatoms. The lowest BCUT2D eigenvalue weighted by molar-refractivity contribution is -0.153. The van der Waals surface area contributed by atoms with Crippen molar-refractivity contribution in [3.63, 3.8) is 0 Å². The zero-order chi connectivity index (χ0) is 17.2. The Balaban J connectivity index is 2.65. The number of nitrogens with one attached hydrogen (secondary N) is 1. The molecule has 1 rings (SSSR count). The molecule has 1 saturated heterocycles. The summed E-state index contributed by atoms with van der Waals surface area (Å²) in [4.78, 5) is 38.3. The van der Waals surface area contributed by atoms with Crippen molar-refractivity contribution in [2.75, 3.05) is 6.61 Å². The van der Waals surface area contributed by atoms with Crippen LogP contribution in [0.4, 0.5) is 0 Å². The number of Topliss-reactive ketones (excluding diaryl/α,β-unsaturated/α-hetero) is 1. The largest absolute Gasteiger partial charge is 0.461 e. The summed E-state index contributed by atoms with van der Waals surface area (Å²) in [6.07, 6.45) is 2.28. The van der Waals surface area contributed by atoms with Gasteiger partial charge in [-0.1, -0.05) is 0 Å². The van der Waals surface area contributed by atoms with Crippen LogP contribution in [-0.4, -0.2) is 53.5 Å². The van der Waals surface area contributed by atoms with Gasteiger partial charge in [0.15, 0.2) is 0 Å². The van der Waals surface area contributed by atoms with Gasteiger partial charge in [0.25, 0.3) is 0 Å². The summed E-state index contributed by atoms with van der Waals surface area (Å²) in [5.74, 6) is -1.42. The van der Waals surface area contributed by atoms with E-state index in [0.717, 1.165) is 19.1 Å². The number of rotatable bonds is 8. The van der Waals surface area contributed by atoms with E-state index in [1.165, 1.54) is 0 Å². The third-order valence-corrected chi connectivity index (χ3v) is 3.31. The van der Waals surface area contributed by atoms with Gasteiger partial charge in [0.2, 0.25) is 11.7 Å². The average Bonchev–Trinajstić information content (AvgIpc) is 2.51. The van der Waals surface area contributed by atoms with E-state index >= 15 is 0 Å². The minimum absolute atomic E-state index is 0.0479. The third kappa shape index (κ3) is 7.17. The van der Waals surface area contributed by atoms with Crippen molar-refractivity contribution in [2.45, 2.75) is 64.2 Å². The molecule has 0 aliphatic carbocycles. The van der Waals surface area contributed by atoms with Gasteiger partial charge >= 0.3 is 12.2 Å². The molecule has 128 valence electrons. The quantitative estimate of drug-likeness (QED) is 0.304.